The van der Waals surface area contributed by atoms with Crippen molar-refractivity contribution in [2.24, 2.45) is 5.92 Å². The van der Waals surface area contributed by atoms with Crippen molar-refractivity contribution in [1.82, 2.24) is 15.1 Å². The van der Waals surface area contributed by atoms with Gasteiger partial charge in [0.05, 0.1) is 12.6 Å². The smallest absolute Gasteiger partial charge is 0.326 e. The summed E-state index contributed by atoms with van der Waals surface area (Å²) in [4.78, 5) is 23.8. The van der Waals surface area contributed by atoms with Gasteiger partial charge in [0.15, 0.2) is 0 Å². The lowest BCUT2D eigenvalue weighted by molar-refractivity contribution is -0.142. The van der Waals surface area contributed by atoms with E-state index in [1.165, 1.54) is 12.8 Å². The van der Waals surface area contributed by atoms with Gasteiger partial charge in [0, 0.05) is 18.7 Å². The Morgan fingerprint density at radius 1 is 1.30 bits per heavy atom. The van der Waals surface area contributed by atoms with Crippen molar-refractivity contribution < 1.29 is 19.4 Å². The van der Waals surface area contributed by atoms with E-state index >= 15 is 0 Å². The molecule has 1 saturated carbocycles. The first-order chi connectivity index (χ1) is 11.1. The van der Waals surface area contributed by atoms with E-state index in [1.54, 1.807) is 6.07 Å². The number of ether oxygens (including phenoxy) is 1. The second-order valence-corrected chi connectivity index (χ2v) is 6.39. The average Bonchev–Trinajstić information content (AvgIpc) is 3.23. The minimum absolute atomic E-state index is 0.192. The number of rotatable bonds is 5. The maximum absolute atomic E-state index is 12.3. The molecule has 0 spiro atoms. The summed E-state index contributed by atoms with van der Waals surface area (Å²) in [5.41, 5.74) is 0.278. The second-order valence-electron chi connectivity index (χ2n) is 6.39. The predicted molar refractivity (Wildman–Crippen MR) is 82.2 cm³/mol. The third-order valence-corrected chi connectivity index (χ3v) is 4.76. The molecule has 0 bridgehead atoms. The zero-order chi connectivity index (χ0) is 16.2. The van der Waals surface area contributed by atoms with Gasteiger partial charge in [-0.05, 0) is 31.7 Å². The average molecular weight is 321 g/mol. The second kappa shape index (κ2) is 7.12. The summed E-state index contributed by atoms with van der Waals surface area (Å²) in [6.07, 6.45) is 7.92. The van der Waals surface area contributed by atoms with Gasteiger partial charge in [-0.15, -0.1) is 0 Å². The zero-order valence-electron chi connectivity index (χ0n) is 13.1. The number of carbonyl (C=O) groups is 2. The van der Waals surface area contributed by atoms with Crippen LogP contribution in [-0.4, -0.2) is 46.0 Å². The van der Waals surface area contributed by atoms with E-state index in [0.29, 0.717) is 19.3 Å². The highest BCUT2D eigenvalue weighted by Gasteiger charge is 2.32. The standard InChI is InChI=1S/C16H23N3O4/c20-15(13-7-8-19(18-13)12-5-1-2-6-12)17-14(16(21)22)11-4-3-9-23-10-11/h7-8,11-12,14H,1-6,9-10H2,(H,17,20)(H,21,22). The van der Waals surface area contributed by atoms with Crippen LogP contribution < -0.4 is 5.32 Å². The lowest BCUT2D eigenvalue weighted by atomic mass is 9.93. The van der Waals surface area contributed by atoms with Crippen LogP contribution in [0.25, 0.3) is 0 Å². The summed E-state index contributed by atoms with van der Waals surface area (Å²) < 4.78 is 7.17. The van der Waals surface area contributed by atoms with Crippen LogP contribution in [0.2, 0.25) is 0 Å². The first kappa shape index (κ1) is 16.0. The van der Waals surface area contributed by atoms with Crippen molar-refractivity contribution in [3.05, 3.63) is 18.0 Å². The fourth-order valence-corrected chi connectivity index (χ4v) is 3.46. The maximum atomic E-state index is 12.3. The number of aromatic nitrogens is 2. The van der Waals surface area contributed by atoms with Crippen LogP contribution in [0.15, 0.2) is 12.3 Å². The summed E-state index contributed by atoms with van der Waals surface area (Å²) in [6.45, 7) is 1.02. The summed E-state index contributed by atoms with van der Waals surface area (Å²) in [7, 11) is 0. The van der Waals surface area contributed by atoms with Gasteiger partial charge in [0.2, 0.25) is 0 Å². The molecule has 1 aromatic rings. The van der Waals surface area contributed by atoms with Crippen molar-refractivity contribution in [2.75, 3.05) is 13.2 Å². The number of carboxylic acid groups (broad SMARTS) is 1. The molecule has 7 nitrogen and oxygen atoms in total. The summed E-state index contributed by atoms with van der Waals surface area (Å²) >= 11 is 0. The van der Waals surface area contributed by atoms with E-state index in [0.717, 1.165) is 25.7 Å². The van der Waals surface area contributed by atoms with E-state index in [1.807, 2.05) is 10.9 Å². The molecule has 0 aromatic carbocycles. The van der Waals surface area contributed by atoms with Crippen molar-refractivity contribution in [3.63, 3.8) is 0 Å². The van der Waals surface area contributed by atoms with Gasteiger partial charge >= 0.3 is 5.97 Å². The zero-order valence-corrected chi connectivity index (χ0v) is 13.1. The normalized spacial score (nSPS) is 23.6. The van der Waals surface area contributed by atoms with Gasteiger partial charge in [-0.1, -0.05) is 12.8 Å². The van der Waals surface area contributed by atoms with Crippen LogP contribution in [0.3, 0.4) is 0 Å². The largest absolute Gasteiger partial charge is 0.480 e. The molecular weight excluding hydrogens is 298 g/mol. The van der Waals surface area contributed by atoms with E-state index in [2.05, 4.69) is 10.4 Å². The van der Waals surface area contributed by atoms with E-state index in [-0.39, 0.29) is 11.6 Å². The highest BCUT2D eigenvalue weighted by Crippen LogP contribution is 2.28. The molecule has 0 radical (unpaired) electrons. The first-order valence-electron chi connectivity index (χ1n) is 8.31. The lowest BCUT2D eigenvalue weighted by Gasteiger charge is -2.27. The Morgan fingerprint density at radius 3 is 2.74 bits per heavy atom. The van der Waals surface area contributed by atoms with Gasteiger partial charge in [-0.3, -0.25) is 9.48 Å². The molecule has 7 heteroatoms. The van der Waals surface area contributed by atoms with Crippen LogP contribution in [0, 0.1) is 5.92 Å². The van der Waals surface area contributed by atoms with Crippen LogP contribution in [-0.2, 0) is 9.53 Å². The van der Waals surface area contributed by atoms with Crippen molar-refractivity contribution in [2.45, 2.75) is 50.6 Å². The summed E-state index contributed by atoms with van der Waals surface area (Å²) in [5, 5.41) is 16.3. The van der Waals surface area contributed by atoms with Gasteiger partial charge in [-0.25, -0.2) is 4.79 Å². The first-order valence-corrected chi connectivity index (χ1v) is 8.31. The van der Waals surface area contributed by atoms with Gasteiger partial charge in [0.1, 0.15) is 11.7 Å². The Bertz CT molecular complexity index is 559. The molecule has 2 heterocycles. The quantitative estimate of drug-likeness (QED) is 0.859. The molecule has 2 fully saturated rings. The number of carboxylic acids is 1. The number of nitrogens with one attached hydrogen (secondary N) is 1. The number of hydrogen-bond donors (Lipinski definition) is 2. The number of amides is 1. The highest BCUT2D eigenvalue weighted by atomic mass is 16.5. The molecule has 2 N–H and O–H groups in total. The molecule has 3 rings (SSSR count). The van der Waals surface area contributed by atoms with Crippen LogP contribution >= 0.6 is 0 Å². The molecule has 2 aliphatic rings. The number of carbonyl (C=O) groups excluding carboxylic acids is 1. The Hall–Kier alpha value is -1.89. The highest BCUT2D eigenvalue weighted by molar-refractivity contribution is 5.94. The fraction of sp³-hybridized carbons (Fsp3) is 0.688. The van der Waals surface area contributed by atoms with Crippen LogP contribution in [0.1, 0.15) is 55.1 Å². The van der Waals surface area contributed by atoms with Crippen LogP contribution in [0.4, 0.5) is 0 Å². The Morgan fingerprint density at radius 2 is 2.09 bits per heavy atom. The molecule has 23 heavy (non-hydrogen) atoms. The Kier molecular flexibility index (Phi) is 4.95. The molecular formula is C16H23N3O4. The molecule has 1 aromatic heterocycles. The third-order valence-electron chi connectivity index (χ3n) is 4.76. The SMILES string of the molecule is O=C(NC(C(=O)O)C1CCCOC1)c1ccn(C2CCCC2)n1. The van der Waals surface area contributed by atoms with Gasteiger partial charge < -0.3 is 15.2 Å². The molecule has 2 atom stereocenters. The van der Waals surface area contributed by atoms with Crippen LogP contribution in [0.5, 0.6) is 0 Å². The molecule has 1 aliphatic carbocycles. The van der Waals surface area contributed by atoms with E-state index in [9.17, 15) is 14.7 Å². The van der Waals surface area contributed by atoms with Gasteiger partial charge in [0.25, 0.3) is 5.91 Å². The molecule has 1 amide bonds. The molecule has 1 saturated heterocycles. The van der Waals surface area contributed by atoms with E-state index in [4.69, 9.17) is 4.74 Å². The topological polar surface area (TPSA) is 93.5 Å². The lowest BCUT2D eigenvalue weighted by Crippen LogP contribution is -2.48. The Labute approximate surface area is 135 Å². The summed E-state index contributed by atoms with van der Waals surface area (Å²) in [6, 6.07) is 1.09. The van der Waals surface area contributed by atoms with E-state index < -0.39 is 17.9 Å². The van der Waals surface area contributed by atoms with Crippen molar-refractivity contribution >= 4 is 11.9 Å². The number of aliphatic carboxylic acids is 1. The number of hydrogen-bond acceptors (Lipinski definition) is 4. The van der Waals surface area contributed by atoms with Crippen molar-refractivity contribution in [1.29, 1.82) is 0 Å². The molecule has 2 unspecified atom stereocenters. The number of nitrogens with zero attached hydrogens (tertiary/aromatic N) is 2. The minimum Gasteiger partial charge on any atom is -0.480 e. The van der Waals surface area contributed by atoms with Gasteiger partial charge in [-0.2, -0.15) is 5.10 Å². The predicted octanol–water partition coefficient (Wildman–Crippen LogP) is 1.61. The van der Waals surface area contributed by atoms with Crippen molar-refractivity contribution in [3.8, 4) is 0 Å². The maximum Gasteiger partial charge on any atom is 0.326 e. The molecule has 1 aliphatic heterocycles. The fourth-order valence-electron chi connectivity index (χ4n) is 3.46. The monoisotopic (exact) mass is 321 g/mol. The Balaban J connectivity index is 1.65. The summed E-state index contributed by atoms with van der Waals surface area (Å²) in [5.74, 6) is -1.65. The molecule has 126 valence electrons. The minimum atomic E-state index is -1.02. The third kappa shape index (κ3) is 3.72.